The highest BCUT2D eigenvalue weighted by Gasteiger charge is 2.23. The first-order valence-corrected chi connectivity index (χ1v) is 9.10. The van der Waals surface area contributed by atoms with Crippen molar-refractivity contribution in [1.29, 1.82) is 0 Å². The summed E-state index contributed by atoms with van der Waals surface area (Å²) < 4.78 is 0. The van der Waals surface area contributed by atoms with Crippen LogP contribution in [0.1, 0.15) is 18.5 Å². The number of hydrogen-bond donors (Lipinski definition) is 1. The number of carbonyl (C=O) groups excluding carboxylic acids is 1. The Labute approximate surface area is 158 Å². The zero-order valence-corrected chi connectivity index (χ0v) is 15.6. The number of nitrogens with one attached hydrogen (secondary N) is 1. The molecule has 1 saturated heterocycles. The second-order valence-electron chi connectivity index (χ2n) is 6.15. The Morgan fingerprint density at radius 3 is 2.36 bits per heavy atom. The van der Waals surface area contributed by atoms with Crippen molar-refractivity contribution < 1.29 is 4.79 Å². The Balaban J connectivity index is 1.56. The zero-order valence-electron chi connectivity index (χ0n) is 14.1. The van der Waals surface area contributed by atoms with Crippen molar-refractivity contribution in [1.82, 2.24) is 10.2 Å². The van der Waals surface area contributed by atoms with E-state index in [1.54, 1.807) is 6.07 Å². The molecule has 132 valence electrons. The highest BCUT2D eigenvalue weighted by molar-refractivity contribution is 6.36. The second-order valence-corrected chi connectivity index (χ2v) is 7.00. The third-order valence-electron chi connectivity index (χ3n) is 4.46. The van der Waals surface area contributed by atoms with Gasteiger partial charge < -0.3 is 15.1 Å². The van der Waals surface area contributed by atoms with Crippen LogP contribution < -0.4 is 10.2 Å². The summed E-state index contributed by atoms with van der Waals surface area (Å²) >= 11 is 12.2. The number of urea groups is 1. The van der Waals surface area contributed by atoms with Crippen molar-refractivity contribution in [2.75, 3.05) is 31.1 Å². The van der Waals surface area contributed by atoms with E-state index in [0.29, 0.717) is 23.1 Å². The minimum absolute atomic E-state index is 0.0163. The van der Waals surface area contributed by atoms with Gasteiger partial charge in [0, 0.05) is 31.2 Å². The molecule has 25 heavy (non-hydrogen) atoms. The standard InChI is InChI=1S/C19H21Cl2N3O/c1-14(15-5-3-2-4-6-15)22-19(25)24-11-9-23(10-12-24)18-8-7-16(20)13-17(18)21/h2-8,13-14H,9-12H2,1H3,(H,22,25). The van der Waals surface area contributed by atoms with Crippen LogP contribution in [0.2, 0.25) is 10.0 Å². The molecule has 0 radical (unpaired) electrons. The lowest BCUT2D eigenvalue weighted by atomic mass is 10.1. The molecular formula is C19H21Cl2N3O. The first kappa shape index (κ1) is 17.9. The molecule has 0 aromatic heterocycles. The van der Waals surface area contributed by atoms with E-state index in [-0.39, 0.29) is 12.1 Å². The van der Waals surface area contributed by atoms with Crippen LogP contribution in [0.15, 0.2) is 48.5 Å². The van der Waals surface area contributed by atoms with E-state index in [2.05, 4.69) is 10.2 Å². The van der Waals surface area contributed by atoms with E-state index in [1.165, 1.54) is 0 Å². The van der Waals surface area contributed by atoms with E-state index in [4.69, 9.17) is 23.2 Å². The summed E-state index contributed by atoms with van der Waals surface area (Å²) in [6, 6.07) is 15.4. The molecule has 2 aromatic rings. The molecule has 4 nitrogen and oxygen atoms in total. The molecule has 1 aliphatic rings. The number of benzene rings is 2. The van der Waals surface area contributed by atoms with Gasteiger partial charge >= 0.3 is 6.03 Å². The van der Waals surface area contributed by atoms with Crippen LogP contribution in [-0.2, 0) is 0 Å². The predicted octanol–water partition coefficient (Wildman–Crippen LogP) is 4.59. The largest absolute Gasteiger partial charge is 0.367 e. The van der Waals surface area contributed by atoms with Crippen molar-refractivity contribution >= 4 is 34.9 Å². The fourth-order valence-corrected chi connectivity index (χ4v) is 3.52. The number of halogens is 2. The summed E-state index contributed by atoms with van der Waals surface area (Å²) in [4.78, 5) is 16.5. The lowest BCUT2D eigenvalue weighted by molar-refractivity contribution is 0.191. The quantitative estimate of drug-likeness (QED) is 0.848. The SMILES string of the molecule is CC(NC(=O)N1CCN(c2ccc(Cl)cc2Cl)CC1)c1ccccc1. The van der Waals surface area contributed by atoms with Gasteiger partial charge in [-0.05, 0) is 30.7 Å². The number of nitrogens with zero attached hydrogens (tertiary/aromatic N) is 2. The number of anilines is 1. The van der Waals surface area contributed by atoms with E-state index in [0.717, 1.165) is 24.3 Å². The third-order valence-corrected chi connectivity index (χ3v) is 4.99. The first-order valence-electron chi connectivity index (χ1n) is 8.35. The Hall–Kier alpha value is -1.91. The minimum Gasteiger partial charge on any atom is -0.367 e. The minimum atomic E-state index is -0.0294. The molecule has 1 N–H and O–H groups in total. The fourth-order valence-electron chi connectivity index (χ4n) is 2.99. The van der Waals surface area contributed by atoms with Crippen LogP contribution in [0.5, 0.6) is 0 Å². The maximum Gasteiger partial charge on any atom is 0.317 e. The van der Waals surface area contributed by atoms with Crippen molar-refractivity contribution in [3.05, 3.63) is 64.1 Å². The summed E-state index contributed by atoms with van der Waals surface area (Å²) in [5.74, 6) is 0. The third kappa shape index (κ3) is 4.39. The monoisotopic (exact) mass is 377 g/mol. The molecule has 0 spiro atoms. The Bertz CT molecular complexity index is 731. The molecule has 1 heterocycles. The molecule has 0 saturated carbocycles. The van der Waals surface area contributed by atoms with Gasteiger partial charge in [-0.15, -0.1) is 0 Å². The molecule has 1 unspecified atom stereocenters. The summed E-state index contributed by atoms with van der Waals surface area (Å²) in [7, 11) is 0. The van der Waals surface area contributed by atoms with E-state index < -0.39 is 0 Å². The molecule has 1 atom stereocenters. The predicted molar refractivity (Wildman–Crippen MR) is 104 cm³/mol. The van der Waals surface area contributed by atoms with Crippen LogP contribution in [0.4, 0.5) is 10.5 Å². The van der Waals surface area contributed by atoms with Crippen LogP contribution in [0, 0.1) is 0 Å². The second kappa shape index (κ2) is 7.98. The molecular weight excluding hydrogens is 357 g/mol. The van der Waals surface area contributed by atoms with E-state index in [9.17, 15) is 4.79 Å². The lowest BCUT2D eigenvalue weighted by Gasteiger charge is -2.37. The molecule has 1 aliphatic heterocycles. The van der Waals surface area contributed by atoms with E-state index >= 15 is 0 Å². The van der Waals surface area contributed by atoms with Gasteiger partial charge in [-0.1, -0.05) is 53.5 Å². The summed E-state index contributed by atoms with van der Waals surface area (Å²) in [5, 5.41) is 4.33. The smallest absolute Gasteiger partial charge is 0.317 e. The van der Waals surface area contributed by atoms with Gasteiger partial charge in [0.1, 0.15) is 0 Å². The van der Waals surface area contributed by atoms with Crippen LogP contribution in [-0.4, -0.2) is 37.1 Å². The number of carbonyl (C=O) groups is 1. The van der Waals surface area contributed by atoms with Crippen molar-refractivity contribution in [2.24, 2.45) is 0 Å². The van der Waals surface area contributed by atoms with Crippen LogP contribution in [0.25, 0.3) is 0 Å². The van der Waals surface area contributed by atoms with Gasteiger partial charge in [0.2, 0.25) is 0 Å². The number of rotatable bonds is 3. The topological polar surface area (TPSA) is 35.6 Å². The highest BCUT2D eigenvalue weighted by Crippen LogP contribution is 2.29. The molecule has 3 rings (SSSR count). The molecule has 2 aromatic carbocycles. The number of amides is 2. The van der Waals surface area contributed by atoms with Crippen LogP contribution >= 0.6 is 23.2 Å². The van der Waals surface area contributed by atoms with Gasteiger partial charge in [-0.2, -0.15) is 0 Å². The first-order chi connectivity index (χ1) is 12.0. The molecule has 0 aliphatic carbocycles. The van der Waals surface area contributed by atoms with Crippen LogP contribution in [0.3, 0.4) is 0 Å². The lowest BCUT2D eigenvalue weighted by Crippen LogP contribution is -2.52. The fraction of sp³-hybridized carbons (Fsp3) is 0.316. The molecule has 1 fully saturated rings. The van der Waals surface area contributed by atoms with Gasteiger partial charge in [0.25, 0.3) is 0 Å². The van der Waals surface area contributed by atoms with Crippen molar-refractivity contribution in [3.8, 4) is 0 Å². The molecule has 6 heteroatoms. The van der Waals surface area contributed by atoms with Gasteiger partial charge in [0.05, 0.1) is 16.8 Å². The average molecular weight is 378 g/mol. The number of hydrogen-bond acceptors (Lipinski definition) is 2. The molecule has 0 bridgehead atoms. The van der Waals surface area contributed by atoms with Crippen molar-refractivity contribution in [2.45, 2.75) is 13.0 Å². The summed E-state index contributed by atoms with van der Waals surface area (Å²) in [6.45, 7) is 4.80. The average Bonchev–Trinajstić information content (AvgIpc) is 2.62. The molecule has 2 amide bonds. The van der Waals surface area contributed by atoms with E-state index in [1.807, 2.05) is 54.3 Å². The van der Waals surface area contributed by atoms with Crippen molar-refractivity contribution in [3.63, 3.8) is 0 Å². The Morgan fingerprint density at radius 2 is 1.72 bits per heavy atom. The zero-order chi connectivity index (χ0) is 17.8. The van der Waals surface area contributed by atoms with Gasteiger partial charge in [0.15, 0.2) is 0 Å². The van der Waals surface area contributed by atoms with Gasteiger partial charge in [-0.3, -0.25) is 0 Å². The maximum atomic E-state index is 12.5. The Morgan fingerprint density at radius 1 is 1.04 bits per heavy atom. The maximum absolute atomic E-state index is 12.5. The normalized spacial score (nSPS) is 15.8. The highest BCUT2D eigenvalue weighted by atomic mass is 35.5. The summed E-state index contributed by atoms with van der Waals surface area (Å²) in [5.41, 5.74) is 2.06. The summed E-state index contributed by atoms with van der Waals surface area (Å²) in [6.07, 6.45) is 0. The van der Waals surface area contributed by atoms with Gasteiger partial charge in [-0.25, -0.2) is 4.79 Å². The number of piperazine rings is 1. The Kier molecular flexibility index (Phi) is 5.71.